The molecule has 136 valence electrons. The van der Waals surface area contributed by atoms with Crippen LogP contribution in [-0.2, 0) is 20.7 Å². The molecule has 5 heteroatoms. The molecule has 0 fully saturated rings. The second-order valence-electron chi connectivity index (χ2n) is 6.37. The average Bonchev–Trinajstić information content (AvgIpc) is 2.71. The molecule has 2 aromatic carbocycles. The van der Waals surface area contributed by atoms with E-state index >= 15 is 0 Å². The molecule has 5 nitrogen and oxygen atoms in total. The van der Waals surface area contributed by atoms with E-state index in [1.165, 1.54) is 11.6 Å². The largest absolute Gasteiger partial charge is 0.451 e. The molecule has 1 aliphatic carbocycles. The van der Waals surface area contributed by atoms with Crippen molar-refractivity contribution in [1.29, 1.82) is 5.26 Å². The Bertz CT molecular complexity index is 897. The molecular formula is C22H20N2O3. The van der Waals surface area contributed by atoms with Crippen molar-refractivity contribution in [2.24, 2.45) is 0 Å². The van der Waals surface area contributed by atoms with Crippen molar-refractivity contribution in [3.63, 3.8) is 0 Å². The Morgan fingerprint density at radius 1 is 1.15 bits per heavy atom. The lowest BCUT2D eigenvalue weighted by atomic mass is 9.88. The number of nitrogens with zero attached hydrogens (tertiary/aromatic N) is 1. The summed E-state index contributed by atoms with van der Waals surface area (Å²) in [7, 11) is 0. The van der Waals surface area contributed by atoms with Crippen LogP contribution in [0.2, 0.25) is 0 Å². The molecule has 0 bridgehead atoms. The minimum atomic E-state index is -0.805. The quantitative estimate of drug-likeness (QED) is 0.504. The maximum Gasteiger partial charge on any atom is 0.349 e. The molecule has 0 radical (unpaired) electrons. The molecular weight excluding hydrogens is 340 g/mol. The van der Waals surface area contributed by atoms with Crippen molar-refractivity contribution in [2.45, 2.75) is 25.3 Å². The summed E-state index contributed by atoms with van der Waals surface area (Å²) < 4.78 is 5.02. The standard InChI is InChI=1S/C22H20N2O3/c23-14-18(13-16-7-2-1-3-8-16)22(26)27-15-21(25)24-20-12-6-10-17-9-4-5-11-19(17)20/h1-5,7-9,11,13,20H,6,10,12,15H2,(H,24,25)/b18-13+. The molecule has 0 saturated carbocycles. The van der Waals surface area contributed by atoms with Crippen LogP contribution in [0, 0.1) is 11.3 Å². The molecule has 0 aliphatic heterocycles. The first-order chi connectivity index (χ1) is 13.2. The Labute approximate surface area is 158 Å². The summed E-state index contributed by atoms with van der Waals surface area (Å²) in [5, 5.41) is 12.1. The van der Waals surface area contributed by atoms with Crippen molar-refractivity contribution < 1.29 is 14.3 Å². The van der Waals surface area contributed by atoms with Crippen molar-refractivity contribution >= 4 is 18.0 Å². The third-order valence-corrected chi connectivity index (χ3v) is 4.49. The molecule has 1 N–H and O–H groups in total. The summed E-state index contributed by atoms with van der Waals surface area (Å²) in [6.45, 7) is -0.411. The highest BCUT2D eigenvalue weighted by Gasteiger charge is 2.22. The molecule has 1 amide bonds. The predicted octanol–water partition coefficient (Wildman–Crippen LogP) is 3.33. The second-order valence-corrected chi connectivity index (χ2v) is 6.37. The molecule has 0 aromatic heterocycles. The Balaban J connectivity index is 1.57. The number of nitriles is 1. The van der Waals surface area contributed by atoms with Gasteiger partial charge in [0.1, 0.15) is 11.6 Å². The smallest absolute Gasteiger partial charge is 0.349 e. The predicted molar refractivity (Wildman–Crippen MR) is 101 cm³/mol. The molecule has 0 spiro atoms. The van der Waals surface area contributed by atoms with Crippen LogP contribution in [0.1, 0.15) is 35.6 Å². The fraction of sp³-hybridized carbons (Fsp3) is 0.227. The van der Waals surface area contributed by atoms with Crippen molar-refractivity contribution in [3.8, 4) is 6.07 Å². The van der Waals surface area contributed by atoms with Crippen LogP contribution in [0.5, 0.6) is 0 Å². The van der Waals surface area contributed by atoms with E-state index in [2.05, 4.69) is 11.4 Å². The van der Waals surface area contributed by atoms with Crippen LogP contribution in [0.3, 0.4) is 0 Å². The van der Waals surface area contributed by atoms with Crippen molar-refractivity contribution in [3.05, 3.63) is 76.9 Å². The van der Waals surface area contributed by atoms with Crippen LogP contribution >= 0.6 is 0 Å². The van der Waals surface area contributed by atoms with E-state index in [-0.39, 0.29) is 17.5 Å². The lowest BCUT2D eigenvalue weighted by Gasteiger charge is -2.26. The van der Waals surface area contributed by atoms with Gasteiger partial charge in [-0.1, -0.05) is 54.6 Å². The Morgan fingerprint density at radius 2 is 1.89 bits per heavy atom. The maximum absolute atomic E-state index is 12.2. The number of amides is 1. The van der Waals surface area contributed by atoms with Gasteiger partial charge in [-0.05, 0) is 42.0 Å². The summed E-state index contributed by atoms with van der Waals surface area (Å²) in [6, 6.07) is 18.8. The third-order valence-electron chi connectivity index (χ3n) is 4.49. The van der Waals surface area contributed by atoms with Gasteiger partial charge in [-0.2, -0.15) is 5.26 Å². The lowest BCUT2D eigenvalue weighted by Crippen LogP contribution is -2.34. The summed E-state index contributed by atoms with van der Waals surface area (Å²) in [5.41, 5.74) is 2.93. The van der Waals surface area contributed by atoms with E-state index in [4.69, 9.17) is 4.74 Å². The first kappa shape index (κ1) is 18.4. The molecule has 2 aromatic rings. The average molecular weight is 360 g/mol. The molecule has 0 saturated heterocycles. The van der Waals surface area contributed by atoms with E-state index in [1.807, 2.05) is 42.5 Å². The number of hydrogen-bond acceptors (Lipinski definition) is 4. The third kappa shape index (κ3) is 4.83. The molecule has 27 heavy (non-hydrogen) atoms. The molecule has 1 atom stereocenters. The van der Waals surface area contributed by atoms with Crippen LogP contribution in [0.4, 0.5) is 0 Å². The van der Waals surface area contributed by atoms with Gasteiger partial charge in [-0.15, -0.1) is 0 Å². The number of hydrogen-bond donors (Lipinski definition) is 1. The number of carbonyl (C=O) groups excluding carboxylic acids is 2. The van der Waals surface area contributed by atoms with Gasteiger partial charge in [0.15, 0.2) is 6.61 Å². The van der Waals surface area contributed by atoms with Gasteiger partial charge in [-0.25, -0.2) is 4.79 Å². The first-order valence-corrected chi connectivity index (χ1v) is 8.88. The SMILES string of the molecule is N#C/C(=C\c1ccccc1)C(=O)OCC(=O)NC1CCCc2ccccc21. The van der Waals surface area contributed by atoms with Crippen LogP contribution < -0.4 is 5.32 Å². The van der Waals surface area contributed by atoms with E-state index in [0.29, 0.717) is 5.56 Å². The summed E-state index contributed by atoms with van der Waals surface area (Å²) in [4.78, 5) is 24.3. The van der Waals surface area contributed by atoms with Gasteiger partial charge < -0.3 is 10.1 Å². The molecule has 3 rings (SSSR count). The zero-order chi connectivity index (χ0) is 19.1. The number of carbonyl (C=O) groups is 2. The van der Waals surface area contributed by atoms with Gasteiger partial charge in [0.05, 0.1) is 6.04 Å². The summed E-state index contributed by atoms with van der Waals surface area (Å²) >= 11 is 0. The summed E-state index contributed by atoms with van der Waals surface area (Å²) in [6.07, 6.45) is 4.30. The van der Waals surface area contributed by atoms with Crippen molar-refractivity contribution in [1.82, 2.24) is 5.32 Å². The second kappa shape index (κ2) is 8.81. The first-order valence-electron chi connectivity index (χ1n) is 8.88. The number of nitrogens with one attached hydrogen (secondary N) is 1. The van der Waals surface area contributed by atoms with Crippen molar-refractivity contribution in [2.75, 3.05) is 6.61 Å². The van der Waals surface area contributed by atoms with Gasteiger partial charge in [-0.3, -0.25) is 4.79 Å². The van der Waals surface area contributed by atoms with E-state index < -0.39 is 12.6 Å². The number of fused-ring (bicyclic) bond motifs is 1. The van der Waals surface area contributed by atoms with Gasteiger partial charge in [0, 0.05) is 0 Å². The number of esters is 1. The van der Waals surface area contributed by atoms with Crippen LogP contribution in [0.15, 0.2) is 60.2 Å². The molecule has 1 aliphatic rings. The highest BCUT2D eigenvalue weighted by Crippen LogP contribution is 2.29. The van der Waals surface area contributed by atoms with E-state index in [0.717, 1.165) is 24.8 Å². The topological polar surface area (TPSA) is 79.2 Å². The normalized spacial score (nSPS) is 16.0. The molecule has 0 heterocycles. The number of benzene rings is 2. The fourth-order valence-corrected chi connectivity index (χ4v) is 3.20. The lowest BCUT2D eigenvalue weighted by molar-refractivity contribution is -0.144. The molecule has 1 unspecified atom stereocenters. The number of ether oxygens (including phenoxy) is 1. The van der Waals surface area contributed by atoms with Gasteiger partial charge in [0.25, 0.3) is 5.91 Å². The van der Waals surface area contributed by atoms with E-state index in [9.17, 15) is 14.9 Å². The zero-order valence-electron chi connectivity index (χ0n) is 14.9. The van der Waals surface area contributed by atoms with Gasteiger partial charge >= 0.3 is 5.97 Å². The highest BCUT2D eigenvalue weighted by atomic mass is 16.5. The highest BCUT2D eigenvalue weighted by molar-refractivity contribution is 5.98. The number of aryl methyl sites for hydroxylation is 1. The monoisotopic (exact) mass is 360 g/mol. The van der Waals surface area contributed by atoms with E-state index in [1.54, 1.807) is 12.1 Å². The van der Waals surface area contributed by atoms with Gasteiger partial charge in [0.2, 0.25) is 0 Å². The number of rotatable bonds is 5. The Hall–Kier alpha value is -3.39. The minimum Gasteiger partial charge on any atom is -0.451 e. The maximum atomic E-state index is 12.2. The summed E-state index contributed by atoms with van der Waals surface area (Å²) in [5.74, 6) is -1.18. The Kier molecular flexibility index (Phi) is 6.01. The van der Waals surface area contributed by atoms with Crippen LogP contribution in [0.25, 0.3) is 6.08 Å². The Morgan fingerprint density at radius 3 is 2.67 bits per heavy atom. The zero-order valence-corrected chi connectivity index (χ0v) is 14.9. The fourth-order valence-electron chi connectivity index (χ4n) is 3.20. The minimum absolute atomic E-state index is 0.0727. The van der Waals surface area contributed by atoms with Crippen LogP contribution in [-0.4, -0.2) is 18.5 Å².